The molecule has 2 rings (SSSR count). The lowest BCUT2D eigenvalue weighted by atomic mass is 9.73. The first-order chi connectivity index (χ1) is 8.48. The van der Waals surface area contributed by atoms with E-state index in [1.54, 1.807) is 18.2 Å². The zero-order chi connectivity index (χ0) is 13.3. The number of carbonyl (C=O) groups excluding carboxylic acids is 2. The second-order valence-electron chi connectivity index (χ2n) is 4.82. The first-order valence-electron chi connectivity index (χ1n) is 5.85. The third-order valence-corrected chi connectivity index (χ3v) is 3.30. The number of nitrogens with zero attached hydrogens (tertiary/aromatic N) is 1. The molecule has 1 aliphatic carbocycles. The standard InChI is InChI=1S/C13H17N3O2/c1-3-4-5-9(2)8-16-11(17)13(15-12(16)18)6-10(14)7-13/h3-5,10H,1-2,6-8,14H2,(H,15,18)/b5-4-. The van der Waals surface area contributed by atoms with Crippen molar-refractivity contribution in [2.75, 3.05) is 6.54 Å². The molecule has 5 heteroatoms. The summed E-state index contributed by atoms with van der Waals surface area (Å²) in [5.41, 5.74) is 5.62. The zero-order valence-electron chi connectivity index (χ0n) is 10.2. The molecule has 0 aromatic heterocycles. The van der Waals surface area contributed by atoms with Crippen LogP contribution in [0, 0.1) is 0 Å². The highest BCUT2D eigenvalue weighted by Gasteiger charge is 2.57. The SMILES string of the molecule is C=C/C=C\C(=C)CN1C(=O)NC2(CC(N)C2)C1=O. The predicted molar refractivity (Wildman–Crippen MR) is 68.7 cm³/mol. The van der Waals surface area contributed by atoms with Gasteiger partial charge in [0, 0.05) is 6.04 Å². The quantitative estimate of drug-likeness (QED) is 0.567. The summed E-state index contributed by atoms with van der Waals surface area (Å²) in [4.78, 5) is 25.1. The van der Waals surface area contributed by atoms with E-state index in [4.69, 9.17) is 5.73 Å². The number of hydrogen-bond donors (Lipinski definition) is 2. The highest BCUT2D eigenvalue weighted by Crippen LogP contribution is 2.36. The fourth-order valence-electron chi connectivity index (χ4n) is 2.39. The van der Waals surface area contributed by atoms with Crippen LogP contribution in [0.5, 0.6) is 0 Å². The Morgan fingerprint density at radius 1 is 1.56 bits per heavy atom. The molecule has 18 heavy (non-hydrogen) atoms. The van der Waals surface area contributed by atoms with E-state index in [1.165, 1.54) is 4.90 Å². The van der Waals surface area contributed by atoms with E-state index in [0.29, 0.717) is 18.4 Å². The van der Waals surface area contributed by atoms with Crippen molar-refractivity contribution >= 4 is 11.9 Å². The summed E-state index contributed by atoms with van der Waals surface area (Å²) in [6, 6.07) is -0.363. The molecule has 0 atom stereocenters. The molecule has 1 heterocycles. The van der Waals surface area contributed by atoms with E-state index in [0.717, 1.165) is 0 Å². The number of carbonyl (C=O) groups is 2. The summed E-state index contributed by atoms with van der Waals surface area (Å²) in [7, 11) is 0. The number of nitrogens with two attached hydrogens (primary N) is 1. The van der Waals surface area contributed by atoms with Crippen molar-refractivity contribution < 1.29 is 9.59 Å². The molecule has 3 N–H and O–H groups in total. The molecule has 2 aliphatic rings. The maximum absolute atomic E-state index is 12.2. The highest BCUT2D eigenvalue weighted by molar-refractivity contribution is 6.08. The van der Waals surface area contributed by atoms with Crippen LogP contribution in [0.15, 0.2) is 37.0 Å². The molecule has 0 unspecified atom stereocenters. The Hall–Kier alpha value is -1.88. The summed E-state index contributed by atoms with van der Waals surface area (Å²) in [5.74, 6) is -0.192. The van der Waals surface area contributed by atoms with E-state index >= 15 is 0 Å². The number of urea groups is 1. The van der Waals surface area contributed by atoms with Crippen LogP contribution in [0.3, 0.4) is 0 Å². The lowest BCUT2D eigenvalue weighted by Gasteiger charge is -2.40. The third kappa shape index (κ3) is 1.97. The molecular formula is C13H17N3O2. The van der Waals surface area contributed by atoms with Crippen LogP contribution in [0.1, 0.15) is 12.8 Å². The Morgan fingerprint density at radius 2 is 2.22 bits per heavy atom. The van der Waals surface area contributed by atoms with Crippen LogP contribution in [0.4, 0.5) is 4.79 Å². The van der Waals surface area contributed by atoms with Crippen molar-refractivity contribution in [3.05, 3.63) is 37.0 Å². The van der Waals surface area contributed by atoms with Crippen LogP contribution >= 0.6 is 0 Å². The normalized spacial score (nSPS) is 30.7. The molecule has 5 nitrogen and oxygen atoms in total. The molecule has 0 radical (unpaired) electrons. The zero-order valence-corrected chi connectivity index (χ0v) is 10.2. The molecule has 1 saturated heterocycles. The predicted octanol–water partition coefficient (Wildman–Crippen LogP) is 0.696. The third-order valence-electron chi connectivity index (χ3n) is 3.30. The Balaban J connectivity index is 2.04. The number of amides is 3. The summed E-state index contributed by atoms with van der Waals surface area (Å²) >= 11 is 0. The minimum absolute atomic E-state index is 0.00179. The second-order valence-corrected chi connectivity index (χ2v) is 4.82. The molecule has 1 aliphatic heterocycles. The lowest BCUT2D eigenvalue weighted by Crippen LogP contribution is -2.61. The van der Waals surface area contributed by atoms with Crippen LogP contribution < -0.4 is 11.1 Å². The minimum atomic E-state index is -0.751. The molecule has 2 fully saturated rings. The Labute approximate surface area is 106 Å². The van der Waals surface area contributed by atoms with Crippen molar-refractivity contribution in [3.63, 3.8) is 0 Å². The van der Waals surface area contributed by atoms with Gasteiger partial charge in [-0.3, -0.25) is 9.69 Å². The van der Waals surface area contributed by atoms with Crippen LogP contribution in [-0.2, 0) is 4.79 Å². The molecule has 1 spiro atoms. The minimum Gasteiger partial charge on any atom is -0.327 e. The maximum Gasteiger partial charge on any atom is 0.325 e. The van der Waals surface area contributed by atoms with E-state index in [9.17, 15) is 9.59 Å². The van der Waals surface area contributed by atoms with Crippen molar-refractivity contribution in [2.24, 2.45) is 5.73 Å². The highest BCUT2D eigenvalue weighted by atomic mass is 16.2. The van der Waals surface area contributed by atoms with Gasteiger partial charge in [-0.05, 0) is 18.4 Å². The first kappa shape index (κ1) is 12.6. The van der Waals surface area contributed by atoms with Gasteiger partial charge < -0.3 is 11.1 Å². The van der Waals surface area contributed by atoms with Gasteiger partial charge in [-0.15, -0.1) is 0 Å². The second kappa shape index (κ2) is 4.42. The number of rotatable bonds is 4. The number of imide groups is 1. The fourth-order valence-corrected chi connectivity index (χ4v) is 2.39. The van der Waals surface area contributed by atoms with Crippen molar-refractivity contribution in [2.45, 2.75) is 24.4 Å². The van der Waals surface area contributed by atoms with Crippen molar-refractivity contribution in [1.29, 1.82) is 0 Å². The fraction of sp³-hybridized carbons (Fsp3) is 0.385. The van der Waals surface area contributed by atoms with Gasteiger partial charge in [0.2, 0.25) is 0 Å². The molecule has 3 amide bonds. The van der Waals surface area contributed by atoms with Crippen LogP contribution in [0.25, 0.3) is 0 Å². The smallest absolute Gasteiger partial charge is 0.325 e. The Bertz CT molecular complexity index is 447. The maximum atomic E-state index is 12.2. The Morgan fingerprint density at radius 3 is 2.78 bits per heavy atom. The van der Waals surface area contributed by atoms with Crippen LogP contribution in [0.2, 0.25) is 0 Å². The molecule has 96 valence electrons. The van der Waals surface area contributed by atoms with E-state index < -0.39 is 5.54 Å². The molecular weight excluding hydrogens is 230 g/mol. The van der Waals surface area contributed by atoms with Gasteiger partial charge in [-0.2, -0.15) is 0 Å². The summed E-state index contributed by atoms with van der Waals surface area (Å²) in [6.45, 7) is 7.54. The van der Waals surface area contributed by atoms with Gasteiger partial charge in [-0.1, -0.05) is 31.4 Å². The monoisotopic (exact) mass is 247 g/mol. The van der Waals surface area contributed by atoms with E-state index in [1.807, 2.05) is 0 Å². The Kier molecular flexibility index (Phi) is 3.09. The van der Waals surface area contributed by atoms with Crippen molar-refractivity contribution in [1.82, 2.24) is 10.2 Å². The number of nitrogens with one attached hydrogen (secondary N) is 1. The van der Waals surface area contributed by atoms with Gasteiger partial charge in [-0.25, -0.2) is 4.79 Å². The summed E-state index contributed by atoms with van der Waals surface area (Å²) < 4.78 is 0. The summed E-state index contributed by atoms with van der Waals surface area (Å²) in [5, 5.41) is 2.73. The van der Waals surface area contributed by atoms with Crippen LogP contribution in [-0.4, -0.2) is 35.0 Å². The number of hydrogen-bond acceptors (Lipinski definition) is 3. The van der Waals surface area contributed by atoms with Gasteiger partial charge in [0.15, 0.2) is 0 Å². The number of allylic oxidation sites excluding steroid dienone is 2. The topological polar surface area (TPSA) is 75.4 Å². The summed E-state index contributed by atoms with van der Waals surface area (Å²) in [6.07, 6.45) is 6.09. The van der Waals surface area contributed by atoms with Crippen molar-refractivity contribution in [3.8, 4) is 0 Å². The van der Waals surface area contributed by atoms with Gasteiger partial charge in [0.25, 0.3) is 5.91 Å². The average Bonchev–Trinajstić information content (AvgIpc) is 2.51. The van der Waals surface area contributed by atoms with Gasteiger partial charge >= 0.3 is 6.03 Å². The first-order valence-corrected chi connectivity index (χ1v) is 5.85. The molecule has 0 bridgehead atoms. The average molecular weight is 247 g/mol. The molecule has 0 aromatic carbocycles. The molecule has 0 aromatic rings. The lowest BCUT2D eigenvalue weighted by molar-refractivity contribution is -0.134. The van der Waals surface area contributed by atoms with E-state index in [-0.39, 0.29) is 24.5 Å². The van der Waals surface area contributed by atoms with Gasteiger partial charge in [0.05, 0.1) is 6.54 Å². The largest absolute Gasteiger partial charge is 0.327 e. The van der Waals surface area contributed by atoms with E-state index in [2.05, 4.69) is 18.5 Å². The van der Waals surface area contributed by atoms with Gasteiger partial charge in [0.1, 0.15) is 5.54 Å². The molecule has 1 saturated carbocycles.